The molecule has 1 amide bonds. The number of nitrogens with zero attached hydrogens (tertiary/aromatic N) is 2. The third kappa shape index (κ3) is 2.85. The third-order valence-corrected chi connectivity index (χ3v) is 3.07. The number of aryl methyl sites for hydroxylation is 1. The Balaban J connectivity index is 2.39. The minimum atomic E-state index is -0.456. The monoisotopic (exact) mass is 272 g/mol. The Morgan fingerprint density at radius 3 is 2.75 bits per heavy atom. The highest BCUT2D eigenvalue weighted by Crippen LogP contribution is 2.19. The molecule has 3 nitrogen and oxygen atoms in total. The first-order chi connectivity index (χ1) is 9.65. The zero-order valence-corrected chi connectivity index (χ0v) is 11.6. The summed E-state index contributed by atoms with van der Waals surface area (Å²) in [7, 11) is 0. The van der Waals surface area contributed by atoms with E-state index in [9.17, 15) is 9.18 Å². The molecule has 0 spiro atoms. The predicted molar refractivity (Wildman–Crippen MR) is 77.3 cm³/mol. The van der Waals surface area contributed by atoms with Crippen molar-refractivity contribution in [2.45, 2.75) is 20.3 Å². The maximum Gasteiger partial charge on any atom is 0.261 e. The van der Waals surface area contributed by atoms with Gasteiger partial charge in [0.25, 0.3) is 5.91 Å². The van der Waals surface area contributed by atoms with Gasteiger partial charge in [-0.05, 0) is 37.1 Å². The highest BCUT2D eigenvalue weighted by Gasteiger charge is 2.20. The number of halogens is 1. The normalized spacial score (nSPS) is 10.3. The van der Waals surface area contributed by atoms with Crippen molar-refractivity contribution in [3.05, 3.63) is 59.7 Å². The topological polar surface area (TPSA) is 33.2 Å². The molecule has 0 N–H and O–H groups in total. The van der Waals surface area contributed by atoms with Crippen LogP contribution in [0.2, 0.25) is 0 Å². The molecule has 0 bridgehead atoms. The molecule has 4 heteroatoms. The first-order valence-electron chi connectivity index (χ1n) is 6.62. The molecule has 2 rings (SSSR count). The van der Waals surface area contributed by atoms with Gasteiger partial charge in [-0.1, -0.05) is 19.1 Å². The summed E-state index contributed by atoms with van der Waals surface area (Å²) in [5.41, 5.74) is 1.25. The molecular weight excluding hydrogens is 255 g/mol. The number of anilines is 1. The van der Waals surface area contributed by atoms with E-state index in [0.717, 1.165) is 6.42 Å². The fourth-order valence-electron chi connectivity index (χ4n) is 2.04. The Morgan fingerprint density at radius 2 is 2.10 bits per heavy atom. The first-order valence-corrected chi connectivity index (χ1v) is 6.62. The van der Waals surface area contributed by atoms with Crippen LogP contribution in [0.25, 0.3) is 0 Å². The number of aromatic nitrogens is 1. The second-order valence-electron chi connectivity index (χ2n) is 4.60. The van der Waals surface area contributed by atoms with Crippen molar-refractivity contribution >= 4 is 11.6 Å². The first kappa shape index (κ1) is 14.2. The Kier molecular flexibility index (Phi) is 4.45. The van der Waals surface area contributed by atoms with Crippen molar-refractivity contribution in [3.8, 4) is 0 Å². The second kappa shape index (κ2) is 6.28. The molecule has 0 radical (unpaired) electrons. The van der Waals surface area contributed by atoms with Crippen LogP contribution in [0.15, 0.2) is 42.7 Å². The lowest BCUT2D eigenvalue weighted by molar-refractivity contribution is 0.0983. The summed E-state index contributed by atoms with van der Waals surface area (Å²) in [6.45, 7) is 4.15. The number of pyridine rings is 1. The van der Waals surface area contributed by atoms with Crippen molar-refractivity contribution in [1.82, 2.24) is 4.98 Å². The van der Waals surface area contributed by atoms with Gasteiger partial charge in [0.15, 0.2) is 0 Å². The number of carbonyl (C=O) groups excluding carboxylic acids is 1. The maximum absolute atomic E-state index is 14.1. The van der Waals surface area contributed by atoms with E-state index < -0.39 is 5.82 Å². The van der Waals surface area contributed by atoms with Crippen molar-refractivity contribution < 1.29 is 9.18 Å². The Morgan fingerprint density at radius 1 is 1.30 bits per heavy atom. The van der Waals surface area contributed by atoms with E-state index in [2.05, 4.69) is 4.98 Å². The standard InChI is InChI=1S/C16H17FN2O/c1-3-10-19(13-7-5-9-18-11-13)16(20)14-8-4-6-12(2)15(14)17/h4-9,11H,3,10H2,1-2H3. The highest BCUT2D eigenvalue weighted by atomic mass is 19.1. The molecule has 1 heterocycles. The average molecular weight is 272 g/mol. The number of amides is 1. The molecule has 0 atom stereocenters. The molecule has 0 saturated heterocycles. The van der Waals surface area contributed by atoms with E-state index >= 15 is 0 Å². The van der Waals surface area contributed by atoms with Crippen LogP contribution in [0.4, 0.5) is 10.1 Å². The van der Waals surface area contributed by atoms with Crippen LogP contribution >= 0.6 is 0 Å². The third-order valence-electron chi connectivity index (χ3n) is 3.07. The van der Waals surface area contributed by atoms with Gasteiger partial charge in [-0.25, -0.2) is 4.39 Å². The van der Waals surface area contributed by atoms with Crippen LogP contribution in [0, 0.1) is 12.7 Å². The smallest absolute Gasteiger partial charge is 0.261 e. The summed E-state index contributed by atoms with van der Waals surface area (Å²) in [4.78, 5) is 18.1. The van der Waals surface area contributed by atoms with Crippen LogP contribution in [0.3, 0.4) is 0 Å². The van der Waals surface area contributed by atoms with Gasteiger partial charge < -0.3 is 4.90 Å². The lowest BCUT2D eigenvalue weighted by Crippen LogP contribution is -2.32. The van der Waals surface area contributed by atoms with E-state index in [1.807, 2.05) is 6.92 Å². The lowest BCUT2D eigenvalue weighted by Gasteiger charge is -2.22. The minimum absolute atomic E-state index is 0.0994. The van der Waals surface area contributed by atoms with E-state index in [4.69, 9.17) is 0 Å². The molecule has 0 fully saturated rings. The average Bonchev–Trinajstić information content (AvgIpc) is 2.48. The quantitative estimate of drug-likeness (QED) is 0.852. The number of benzene rings is 1. The Bertz CT molecular complexity index is 599. The highest BCUT2D eigenvalue weighted by molar-refractivity contribution is 6.06. The van der Waals surface area contributed by atoms with Crippen LogP contribution in [0.5, 0.6) is 0 Å². The molecular formula is C16H17FN2O. The van der Waals surface area contributed by atoms with Gasteiger partial charge in [-0.3, -0.25) is 9.78 Å². The largest absolute Gasteiger partial charge is 0.307 e. The summed E-state index contributed by atoms with van der Waals surface area (Å²) in [5, 5.41) is 0. The zero-order valence-electron chi connectivity index (χ0n) is 11.6. The molecule has 0 aliphatic heterocycles. The van der Waals surface area contributed by atoms with Crippen LogP contribution < -0.4 is 4.90 Å². The van der Waals surface area contributed by atoms with Gasteiger partial charge in [-0.2, -0.15) is 0 Å². The number of hydrogen-bond donors (Lipinski definition) is 0. The SMILES string of the molecule is CCCN(C(=O)c1cccc(C)c1F)c1cccnc1. The Hall–Kier alpha value is -2.23. The van der Waals surface area contributed by atoms with Gasteiger partial charge in [0.1, 0.15) is 5.82 Å². The van der Waals surface area contributed by atoms with Gasteiger partial charge in [0, 0.05) is 12.7 Å². The minimum Gasteiger partial charge on any atom is -0.307 e. The summed E-state index contributed by atoms with van der Waals surface area (Å²) in [6, 6.07) is 8.43. The molecule has 104 valence electrons. The fourth-order valence-corrected chi connectivity index (χ4v) is 2.04. The molecule has 20 heavy (non-hydrogen) atoms. The maximum atomic E-state index is 14.1. The van der Waals surface area contributed by atoms with Crippen molar-refractivity contribution in [2.24, 2.45) is 0 Å². The van der Waals surface area contributed by atoms with Gasteiger partial charge in [0.05, 0.1) is 17.4 Å². The van der Waals surface area contributed by atoms with Gasteiger partial charge in [-0.15, -0.1) is 0 Å². The van der Waals surface area contributed by atoms with E-state index in [-0.39, 0.29) is 11.5 Å². The van der Waals surface area contributed by atoms with E-state index in [1.165, 1.54) is 6.07 Å². The molecule has 1 aromatic carbocycles. The summed E-state index contributed by atoms with van der Waals surface area (Å²) in [5.74, 6) is -0.788. The summed E-state index contributed by atoms with van der Waals surface area (Å²) >= 11 is 0. The molecule has 2 aromatic rings. The van der Waals surface area contributed by atoms with Crippen molar-refractivity contribution in [1.29, 1.82) is 0 Å². The Labute approximate surface area is 118 Å². The van der Waals surface area contributed by atoms with E-state index in [0.29, 0.717) is 17.8 Å². The lowest BCUT2D eigenvalue weighted by atomic mass is 10.1. The molecule has 0 saturated carbocycles. The van der Waals surface area contributed by atoms with Crippen LogP contribution in [-0.2, 0) is 0 Å². The number of carbonyl (C=O) groups is 1. The molecule has 0 unspecified atom stereocenters. The summed E-state index contributed by atoms with van der Waals surface area (Å²) in [6.07, 6.45) is 4.04. The predicted octanol–water partition coefficient (Wildman–Crippen LogP) is 3.59. The van der Waals surface area contributed by atoms with Crippen molar-refractivity contribution in [3.63, 3.8) is 0 Å². The molecule has 1 aromatic heterocycles. The molecule has 0 aliphatic carbocycles. The van der Waals surface area contributed by atoms with Crippen molar-refractivity contribution in [2.75, 3.05) is 11.4 Å². The second-order valence-corrected chi connectivity index (χ2v) is 4.60. The van der Waals surface area contributed by atoms with Gasteiger partial charge in [0.2, 0.25) is 0 Å². The van der Waals surface area contributed by atoms with Crippen LogP contribution in [0.1, 0.15) is 29.3 Å². The van der Waals surface area contributed by atoms with E-state index in [1.54, 1.807) is 48.5 Å². The van der Waals surface area contributed by atoms with Gasteiger partial charge >= 0.3 is 0 Å². The zero-order chi connectivity index (χ0) is 14.5. The molecule has 0 aliphatic rings. The summed E-state index contributed by atoms with van der Waals surface area (Å²) < 4.78 is 14.1. The van der Waals surface area contributed by atoms with Crippen LogP contribution in [-0.4, -0.2) is 17.4 Å². The fraction of sp³-hybridized carbons (Fsp3) is 0.250. The number of rotatable bonds is 4. The number of hydrogen-bond acceptors (Lipinski definition) is 2.